The second kappa shape index (κ2) is 6.59. The molecule has 0 saturated heterocycles. The Bertz CT molecular complexity index is 502. The van der Waals surface area contributed by atoms with E-state index in [2.05, 4.69) is 15.5 Å². The smallest absolute Gasteiger partial charge is 0.119 e. The molecule has 19 heavy (non-hydrogen) atoms. The fraction of sp³-hybridized carbons (Fsp3) is 0.357. The lowest BCUT2D eigenvalue weighted by Crippen LogP contribution is -2.21. The van der Waals surface area contributed by atoms with Gasteiger partial charge in [-0.25, -0.2) is 0 Å². The Morgan fingerprint density at radius 2 is 2.00 bits per heavy atom. The van der Waals surface area contributed by atoms with E-state index in [1.165, 1.54) is 5.56 Å². The van der Waals surface area contributed by atoms with Gasteiger partial charge in [0.1, 0.15) is 12.4 Å². The number of hydrogen-bond donors (Lipinski definition) is 2. The van der Waals surface area contributed by atoms with Gasteiger partial charge in [-0.3, -0.25) is 5.10 Å². The fourth-order valence-electron chi connectivity index (χ4n) is 1.82. The number of hydrogen-bond acceptors (Lipinski definition) is 3. The van der Waals surface area contributed by atoms with Crippen LogP contribution in [-0.4, -0.2) is 23.3 Å². The molecule has 0 aliphatic rings. The third kappa shape index (κ3) is 3.98. The lowest BCUT2D eigenvalue weighted by Gasteiger charge is -2.07. The molecular weight excluding hydrogens is 262 g/mol. The maximum atomic E-state index is 5.81. The molecule has 0 atom stereocenters. The van der Waals surface area contributed by atoms with Gasteiger partial charge in [-0.15, -0.1) is 0 Å². The van der Waals surface area contributed by atoms with Crippen molar-refractivity contribution in [1.29, 1.82) is 0 Å². The second-order valence-electron chi connectivity index (χ2n) is 4.39. The fourth-order valence-corrected chi connectivity index (χ4v) is 1.95. The number of H-pyrrole nitrogens is 1. The van der Waals surface area contributed by atoms with Crippen LogP contribution in [0.1, 0.15) is 17.0 Å². The van der Waals surface area contributed by atoms with Gasteiger partial charge in [-0.05, 0) is 38.1 Å². The summed E-state index contributed by atoms with van der Waals surface area (Å²) in [4.78, 5) is 0. The van der Waals surface area contributed by atoms with Gasteiger partial charge in [-0.1, -0.05) is 11.6 Å². The van der Waals surface area contributed by atoms with Gasteiger partial charge in [-0.2, -0.15) is 5.10 Å². The zero-order valence-electron chi connectivity index (χ0n) is 11.2. The number of aryl methyl sites for hydroxylation is 2. The zero-order valence-corrected chi connectivity index (χ0v) is 11.9. The summed E-state index contributed by atoms with van der Waals surface area (Å²) in [5, 5.41) is 11.2. The van der Waals surface area contributed by atoms with Crippen LogP contribution in [0.25, 0.3) is 0 Å². The first-order chi connectivity index (χ1) is 9.16. The number of ether oxygens (including phenoxy) is 1. The summed E-state index contributed by atoms with van der Waals surface area (Å²) >= 11 is 5.81. The summed E-state index contributed by atoms with van der Waals surface area (Å²) in [6.45, 7) is 6.24. The van der Waals surface area contributed by atoms with Crippen molar-refractivity contribution < 1.29 is 4.74 Å². The van der Waals surface area contributed by atoms with Crippen LogP contribution in [0.5, 0.6) is 5.75 Å². The van der Waals surface area contributed by atoms with Crippen molar-refractivity contribution >= 4 is 11.6 Å². The third-order valence-electron chi connectivity index (χ3n) is 2.94. The van der Waals surface area contributed by atoms with E-state index in [0.717, 1.165) is 35.2 Å². The van der Waals surface area contributed by atoms with Crippen LogP contribution in [0.4, 0.5) is 0 Å². The minimum absolute atomic E-state index is 0.623. The molecule has 102 valence electrons. The minimum Gasteiger partial charge on any atom is -0.492 e. The topological polar surface area (TPSA) is 49.9 Å². The molecule has 0 saturated carbocycles. The molecule has 0 amide bonds. The van der Waals surface area contributed by atoms with Crippen molar-refractivity contribution in [2.45, 2.75) is 20.4 Å². The standard InChI is InChI=1S/C14H18ClN3O/c1-10-14(11(2)18-17-10)9-16-7-8-19-13-5-3-12(15)4-6-13/h3-6,16H,7-9H2,1-2H3,(H,17,18). The lowest BCUT2D eigenvalue weighted by atomic mass is 10.2. The van der Waals surface area contributed by atoms with Crippen LogP contribution >= 0.6 is 11.6 Å². The Hall–Kier alpha value is -1.52. The highest BCUT2D eigenvalue weighted by Crippen LogP contribution is 2.15. The highest BCUT2D eigenvalue weighted by Gasteiger charge is 2.04. The predicted molar refractivity (Wildman–Crippen MR) is 76.7 cm³/mol. The molecule has 5 heteroatoms. The Balaban J connectivity index is 1.69. The Labute approximate surface area is 118 Å². The third-order valence-corrected chi connectivity index (χ3v) is 3.20. The number of aromatic nitrogens is 2. The predicted octanol–water partition coefficient (Wildman–Crippen LogP) is 2.85. The van der Waals surface area contributed by atoms with Crippen molar-refractivity contribution in [3.63, 3.8) is 0 Å². The molecule has 0 radical (unpaired) electrons. The van der Waals surface area contributed by atoms with Crippen molar-refractivity contribution in [1.82, 2.24) is 15.5 Å². The molecule has 2 aromatic rings. The number of nitrogens with zero attached hydrogens (tertiary/aromatic N) is 1. The molecule has 0 aliphatic heterocycles. The Morgan fingerprint density at radius 3 is 2.63 bits per heavy atom. The highest BCUT2D eigenvalue weighted by atomic mass is 35.5. The monoisotopic (exact) mass is 279 g/mol. The van der Waals surface area contributed by atoms with Gasteiger partial charge in [0.2, 0.25) is 0 Å². The first-order valence-electron chi connectivity index (χ1n) is 6.26. The number of benzene rings is 1. The number of halogens is 1. The van der Waals surface area contributed by atoms with Gasteiger partial charge >= 0.3 is 0 Å². The average molecular weight is 280 g/mol. The number of rotatable bonds is 6. The van der Waals surface area contributed by atoms with Gasteiger partial charge in [0.25, 0.3) is 0 Å². The van der Waals surface area contributed by atoms with E-state index in [-0.39, 0.29) is 0 Å². The van der Waals surface area contributed by atoms with Gasteiger partial charge < -0.3 is 10.1 Å². The maximum absolute atomic E-state index is 5.81. The summed E-state index contributed by atoms with van der Waals surface area (Å²) in [5.41, 5.74) is 3.39. The summed E-state index contributed by atoms with van der Waals surface area (Å²) in [5.74, 6) is 0.835. The molecule has 2 rings (SSSR count). The summed E-state index contributed by atoms with van der Waals surface area (Å²) in [6.07, 6.45) is 0. The van der Waals surface area contributed by atoms with E-state index in [1.54, 1.807) is 0 Å². The SMILES string of the molecule is Cc1n[nH]c(C)c1CNCCOc1ccc(Cl)cc1. The molecule has 1 aromatic carbocycles. The van der Waals surface area contributed by atoms with E-state index in [4.69, 9.17) is 16.3 Å². The molecule has 0 fully saturated rings. The Morgan fingerprint density at radius 1 is 1.26 bits per heavy atom. The first-order valence-corrected chi connectivity index (χ1v) is 6.64. The van der Waals surface area contributed by atoms with Crippen LogP contribution in [0.15, 0.2) is 24.3 Å². The molecule has 1 aromatic heterocycles. The summed E-state index contributed by atoms with van der Waals surface area (Å²) < 4.78 is 5.60. The van der Waals surface area contributed by atoms with Gasteiger partial charge in [0.05, 0.1) is 5.69 Å². The van der Waals surface area contributed by atoms with E-state index >= 15 is 0 Å². The molecule has 0 aliphatic carbocycles. The molecule has 0 bridgehead atoms. The molecule has 0 unspecified atom stereocenters. The molecule has 4 nitrogen and oxygen atoms in total. The van der Waals surface area contributed by atoms with Crippen LogP contribution < -0.4 is 10.1 Å². The quantitative estimate of drug-likeness (QED) is 0.800. The molecule has 2 N–H and O–H groups in total. The number of nitrogens with one attached hydrogen (secondary N) is 2. The largest absolute Gasteiger partial charge is 0.492 e. The first kappa shape index (κ1) is 13.9. The molecule has 0 spiro atoms. The Kier molecular flexibility index (Phi) is 4.82. The van der Waals surface area contributed by atoms with E-state index in [9.17, 15) is 0 Å². The average Bonchev–Trinajstić information content (AvgIpc) is 2.72. The van der Waals surface area contributed by atoms with E-state index in [1.807, 2.05) is 38.1 Å². The molecular formula is C14H18ClN3O. The van der Waals surface area contributed by atoms with Crippen molar-refractivity contribution in [2.75, 3.05) is 13.2 Å². The van der Waals surface area contributed by atoms with E-state index < -0.39 is 0 Å². The van der Waals surface area contributed by atoms with E-state index in [0.29, 0.717) is 6.61 Å². The van der Waals surface area contributed by atoms with Gasteiger partial charge in [0.15, 0.2) is 0 Å². The highest BCUT2D eigenvalue weighted by molar-refractivity contribution is 6.30. The summed E-state index contributed by atoms with van der Waals surface area (Å²) in [6, 6.07) is 7.38. The van der Waals surface area contributed by atoms with Gasteiger partial charge in [0, 0.05) is 29.4 Å². The van der Waals surface area contributed by atoms with Crippen LogP contribution in [0.2, 0.25) is 5.02 Å². The van der Waals surface area contributed by atoms with Crippen LogP contribution in [-0.2, 0) is 6.54 Å². The number of aromatic amines is 1. The zero-order chi connectivity index (χ0) is 13.7. The van der Waals surface area contributed by atoms with Crippen LogP contribution in [0, 0.1) is 13.8 Å². The van der Waals surface area contributed by atoms with Crippen molar-refractivity contribution in [3.8, 4) is 5.75 Å². The lowest BCUT2D eigenvalue weighted by molar-refractivity contribution is 0.313. The summed E-state index contributed by atoms with van der Waals surface area (Å²) in [7, 11) is 0. The molecule has 1 heterocycles. The normalized spacial score (nSPS) is 10.7. The maximum Gasteiger partial charge on any atom is 0.119 e. The van der Waals surface area contributed by atoms with Crippen molar-refractivity contribution in [3.05, 3.63) is 46.2 Å². The minimum atomic E-state index is 0.623. The second-order valence-corrected chi connectivity index (χ2v) is 4.83. The van der Waals surface area contributed by atoms with Crippen molar-refractivity contribution in [2.24, 2.45) is 0 Å². The van der Waals surface area contributed by atoms with Crippen LogP contribution in [0.3, 0.4) is 0 Å².